The molecule has 1 aliphatic carbocycles. The molecule has 2 aromatic rings. The first kappa shape index (κ1) is 19.8. The third-order valence-corrected chi connectivity index (χ3v) is 5.60. The fourth-order valence-corrected chi connectivity index (χ4v) is 3.92. The number of hydrogen-bond acceptors (Lipinski definition) is 5. The third-order valence-electron chi connectivity index (χ3n) is 5.31. The summed E-state index contributed by atoms with van der Waals surface area (Å²) in [6, 6.07) is 3.61. The number of benzene rings is 1. The van der Waals surface area contributed by atoms with Gasteiger partial charge < -0.3 is 19.3 Å². The van der Waals surface area contributed by atoms with Crippen molar-refractivity contribution < 1.29 is 19.2 Å². The molecule has 1 saturated carbocycles. The van der Waals surface area contributed by atoms with Gasteiger partial charge in [0.15, 0.2) is 5.42 Å². The Balaban J connectivity index is 1.74. The topological polar surface area (TPSA) is 75.8 Å². The smallest absolute Gasteiger partial charge is 0.310 e. The van der Waals surface area contributed by atoms with Gasteiger partial charge in [-0.2, -0.15) is 0 Å². The summed E-state index contributed by atoms with van der Waals surface area (Å²) in [5.74, 6) is -0.0202. The Hall–Kier alpha value is -2.47. The molecule has 1 aromatic heterocycles. The second-order valence-electron chi connectivity index (χ2n) is 8.26. The lowest BCUT2D eigenvalue weighted by Crippen LogP contribution is -2.33. The molecule has 0 bridgehead atoms. The number of hydrogen-bond donors (Lipinski definition) is 1. The lowest BCUT2D eigenvalue weighted by atomic mass is 9.90. The monoisotopic (exact) mass is 416 g/mol. The maximum absolute atomic E-state index is 11.9. The molecule has 2 heterocycles. The first-order valence-electron chi connectivity index (χ1n) is 10.0. The van der Waals surface area contributed by atoms with Crippen molar-refractivity contribution in [3.63, 3.8) is 0 Å². The Labute approximate surface area is 174 Å². The molecule has 1 atom stereocenters. The van der Waals surface area contributed by atoms with Gasteiger partial charge in [0.1, 0.15) is 11.4 Å². The second kappa shape index (κ2) is 8.11. The van der Waals surface area contributed by atoms with Crippen molar-refractivity contribution in [2.75, 3.05) is 18.1 Å². The fraction of sp³-hybridized carbons (Fsp3) is 0.455. The lowest BCUT2D eigenvalue weighted by molar-refractivity contribution is -0.139. The summed E-state index contributed by atoms with van der Waals surface area (Å²) < 4.78 is 11.4. The van der Waals surface area contributed by atoms with Gasteiger partial charge in [-0.15, -0.1) is 0 Å². The van der Waals surface area contributed by atoms with Crippen LogP contribution in [0.5, 0.6) is 5.75 Å². The number of aromatic nitrogens is 1. The molecule has 1 aromatic carbocycles. The standard InChI is InChI=1S/C22H25ClN2O4/c1-13(2)7-17(22(26)27)15-8-18(23)21(20(9-15)28-12-14-3-4-14)25-6-5-19-16(11-25)10-24-29-19/h5,8-11,13-14,17H,3-4,6-7,12H2,1-2H3,(H,26,27). The van der Waals surface area contributed by atoms with Crippen LogP contribution in [0.15, 0.2) is 22.9 Å². The van der Waals surface area contributed by atoms with E-state index in [1.54, 1.807) is 12.3 Å². The van der Waals surface area contributed by atoms with Crippen LogP contribution >= 0.6 is 11.6 Å². The Morgan fingerprint density at radius 3 is 2.90 bits per heavy atom. The highest BCUT2D eigenvalue weighted by Crippen LogP contribution is 2.42. The first-order chi connectivity index (χ1) is 13.9. The van der Waals surface area contributed by atoms with E-state index in [9.17, 15) is 9.90 Å². The maximum Gasteiger partial charge on any atom is 0.310 e. The minimum atomic E-state index is -0.845. The number of carboxylic acid groups (broad SMARTS) is 1. The summed E-state index contributed by atoms with van der Waals surface area (Å²) in [4.78, 5) is 13.9. The minimum Gasteiger partial charge on any atom is -0.491 e. The first-order valence-corrected chi connectivity index (χ1v) is 10.4. The highest BCUT2D eigenvalue weighted by Gasteiger charge is 2.27. The molecular formula is C22H25ClN2O4. The van der Waals surface area contributed by atoms with Gasteiger partial charge in [0.05, 0.1) is 29.0 Å². The van der Waals surface area contributed by atoms with E-state index >= 15 is 0 Å². The zero-order chi connectivity index (χ0) is 20.5. The van der Waals surface area contributed by atoms with Crippen LogP contribution in [-0.4, -0.2) is 29.4 Å². The summed E-state index contributed by atoms with van der Waals surface area (Å²) in [6.45, 7) is 5.22. The lowest BCUT2D eigenvalue weighted by Gasteiger charge is -2.26. The van der Waals surface area contributed by atoms with Gasteiger partial charge in [-0.3, -0.25) is 4.79 Å². The highest BCUT2D eigenvalue weighted by atomic mass is 35.5. The fourth-order valence-electron chi connectivity index (χ4n) is 3.59. The van der Waals surface area contributed by atoms with Crippen LogP contribution in [0, 0.1) is 11.8 Å². The summed E-state index contributed by atoms with van der Waals surface area (Å²) in [5, 5.41) is 14.9. The van der Waals surface area contributed by atoms with Crippen molar-refractivity contribution in [1.82, 2.24) is 5.16 Å². The molecule has 0 radical (unpaired) electrons. The van der Waals surface area contributed by atoms with Gasteiger partial charge in [-0.05, 0) is 54.9 Å². The van der Waals surface area contributed by atoms with E-state index in [2.05, 4.69) is 5.16 Å². The molecule has 0 saturated heterocycles. The van der Waals surface area contributed by atoms with Gasteiger partial charge in [-0.25, -0.2) is 0 Å². The number of carbonyl (C=O) groups is 1. The summed E-state index contributed by atoms with van der Waals surface area (Å²) in [6.07, 6.45) is 8.41. The van der Waals surface area contributed by atoms with Crippen molar-refractivity contribution in [1.29, 1.82) is 0 Å². The molecule has 0 spiro atoms. The molecule has 2 aliphatic rings. The SMILES string of the molecule is CC(C)CC(C(=O)O)c1cc(Cl)c(N2C=c3cnoc3=CC2)c(OCC2CC2)c1. The minimum absolute atomic E-state index is 0.252. The molecule has 6 nitrogen and oxygen atoms in total. The van der Waals surface area contributed by atoms with Crippen LogP contribution in [-0.2, 0) is 4.79 Å². The van der Waals surface area contributed by atoms with Crippen molar-refractivity contribution in [3.05, 3.63) is 39.5 Å². The number of fused-ring (bicyclic) bond motifs is 1. The largest absolute Gasteiger partial charge is 0.491 e. The molecular weight excluding hydrogens is 392 g/mol. The number of anilines is 1. The van der Waals surface area contributed by atoms with Crippen LogP contribution in [0.3, 0.4) is 0 Å². The Bertz CT molecular complexity index is 1030. The van der Waals surface area contributed by atoms with Crippen LogP contribution < -0.4 is 20.3 Å². The van der Waals surface area contributed by atoms with Gasteiger partial charge in [0, 0.05) is 12.7 Å². The molecule has 4 rings (SSSR count). The number of carboxylic acids is 1. The molecule has 0 amide bonds. The van der Waals surface area contributed by atoms with Crippen molar-refractivity contribution in [2.24, 2.45) is 11.8 Å². The van der Waals surface area contributed by atoms with E-state index in [-0.39, 0.29) is 5.92 Å². The molecule has 154 valence electrons. The molecule has 29 heavy (non-hydrogen) atoms. The highest BCUT2D eigenvalue weighted by molar-refractivity contribution is 6.34. The summed E-state index contributed by atoms with van der Waals surface area (Å²) in [5.41, 5.74) is 2.16. The third kappa shape index (κ3) is 4.42. The number of halogens is 1. The van der Waals surface area contributed by atoms with Crippen LogP contribution in [0.2, 0.25) is 5.02 Å². The zero-order valence-corrected chi connectivity index (χ0v) is 17.4. The zero-order valence-electron chi connectivity index (χ0n) is 16.6. The summed E-state index contributed by atoms with van der Waals surface area (Å²) in [7, 11) is 0. The van der Waals surface area contributed by atoms with Crippen LogP contribution in [0.25, 0.3) is 12.3 Å². The molecule has 1 aliphatic heterocycles. The molecule has 1 N–H and O–H groups in total. The average Bonchev–Trinajstić information content (AvgIpc) is 3.38. The Morgan fingerprint density at radius 2 is 2.21 bits per heavy atom. The van der Waals surface area contributed by atoms with Crippen molar-refractivity contribution in [2.45, 2.75) is 39.0 Å². The predicted molar refractivity (Wildman–Crippen MR) is 112 cm³/mol. The van der Waals surface area contributed by atoms with E-state index in [0.29, 0.717) is 41.8 Å². The van der Waals surface area contributed by atoms with Gasteiger partial charge in [0.2, 0.25) is 0 Å². The van der Waals surface area contributed by atoms with E-state index in [1.165, 1.54) is 12.8 Å². The van der Waals surface area contributed by atoms with E-state index in [0.717, 1.165) is 16.3 Å². The Morgan fingerprint density at radius 1 is 1.41 bits per heavy atom. The summed E-state index contributed by atoms with van der Waals surface area (Å²) >= 11 is 6.70. The molecule has 1 unspecified atom stereocenters. The van der Waals surface area contributed by atoms with E-state index < -0.39 is 11.9 Å². The number of aliphatic carboxylic acids is 1. The van der Waals surface area contributed by atoms with Crippen LogP contribution in [0.1, 0.15) is 44.6 Å². The average molecular weight is 417 g/mol. The van der Waals surface area contributed by atoms with E-state index in [4.69, 9.17) is 20.9 Å². The number of nitrogens with zero attached hydrogens (tertiary/aromatic N) is 2. The predicted octanol–water partition coefficient (Wildman–Crippen LogP) is 3.37. The maximum atomic E-state index is 11.9. The molecule has 1 fully saturated rings. The second-order valence-corrected chi connectivity index (χ2v) is 8.66. The normalized spacial score (nSPS) is 16.8. The van der Waals surface area contributed by atoms with Crippen molar-refractivity contribution >= 4 is 35.5 Å². The van der Waals surface area contributed by atoms with Gasteiger partial charge in [-0.1, -0.05) is 30.6 Å². The number of ether oxygens (including phenoxy) is 1. The Kier molecular flexibility index (Phi) is 5.54. The molecule has 7 heteroatoms. The number of rotatable bonds is 8. The quantitative estimate of drug-likeness (QED) is 0.711. The van der Waals surface area contributed by atoms with Gasteiger partial charge >= 0.3 is 5.97 Å². The van der Waals surface area contributed by atoms with Crippen LogP contribution in [0.4, 0.5) is 5.69 Å². The van der Waals surface area contributed by atoms with Crippen molar-refractivity contribution in [3.8, 4) is 5.75 Å². The van der Waals surface area contributed by atoms with Gasteiger partial charge in [0.25, 0.3) is 0 Å². The van der Waals surface area contributed by atoms with E-state index in [1.807, 2.05) is 37.1 Å².